The minimum atomic E-state index is -2.26. The Balaban J connectivity index is 1.64. The molecule has 4 amide bonds. The molecular formula is C49H70N4O7Si. The van der Waals surface area contributed by atoms with E-state index in [1.807, 2.05) is 107 Å². The highest BCUT2D eigenvalue weighted by molar-refractivity contribution is 6.74. The number of fused-ring (bicyclic) bond motifs is 1. The molecule has 0 aliphatic rings. The molecule has 0 spiro atoms. The van der Waals surface area contributed by atoms with Gasteiger partial charge in [-0.1, -0.05) is 106 Å². The fraction of sp³-hybridized carbons (Fsp3) is 0.490. The molecule has 0 bridgehead atoms. The number of rotatable bonds is 22. The van der Waals surface area contributed by atoms with E-state index < -0.39 is 38.6 Å². The zero-order valence-corrected chi connectivity index (χ0v) is 39.1. The first kappa shape index (κ1) is 48.9. The van der Waals surface area contributed by atoms with Gasteiger partial charge < -0.3 is 39.5 Å². The zero-order chi connectivity index (χ0) is 44.6. The normalized spacial score (nSPS) is 13.1. The number of hydrogen-bond donors (Lipinski definition) is 3. The number of nitrogens with zero attached hydrogens (tertiary/aromatic N) is 1. The van der Waals surface area contributed by atoms with Gasteiger partial charge in [0, 0.05) is 39.1 Å². The second kappa shape index (κ2) is 22.9. The van der Waals surface area contributed by atoms with Crippen LogP contribution in [0.3, 0.4) is 0 Å². The lowest BCUT2D eigenvalue weighted by Crippen LogP contribution is -2.54. The number of ether oxygens (including phenoxy) is 3. The van der Waals surface area contributed by atoms with E-state index >= 15 is 0 Å². The Bertz CT molecular complexity index is 1970. The van der Waals surface area contributed by atoms with Crippen LogP contribution in [0.15, 0.2) is 97.1 Å². The molecule has 12 heteroatoms. The monoisotopic (exact) mass is 855 g/mol. The lowest BCUT2D eigenvalue weighted by molar-refractivity contribution is -0.160. The summed E-state index contributed by atoms with van der Waals surface area (Å²) in [5.74, 6) is 0.0476. The number of benzene rings is 4. The van der Waals surface area contributed by atoms with E-state index in [0.717, 1.165) is 27.5 Å². The van der Waals surface area contributed by atoms with Crippen molar-refractivity contribution in [3.63, 3.8) is 0 Å². The predicted molar refractivity (Wildman–Crippen MR) is 247 cm³/mol. The van der Waals surface area contributed by atoms with E-state index in [9.17, 15) is 14.4 Å². The summed E-state index contributed by atoms with van der Waals surface area (Å²) < 4.78 is 24.5. The van der Waals surface area contributed by atoms with E-state index in [-0.39, 0.29) is 42.5 Å². The molecule has 0 unspecified atom stereocenters. The van der Waals surface area contributed by atoms with Crippen LogP contribution in [0.4, 0.5) is 4.79 Å². The minimum absolute atomic E-state index is 0.0866. The first-order chi connectivity index (χ1) is 28.9. The first-order valence-corrected chi connectivity index (χ1v) is 24.6. The van der Waals surface area contributed by atoms with Crippen LogP contribution >= 0.6 is 0 Å². The van der Waals surface area contributed by atoms with Crippen LogP contribution in [0.1, 0.15) is 78.5 Å². The van der Waals surface area contributed by atoms with Gasteiger partial charge in [0.15, 0.2) is 14.6 Å². The first-order valence-electron chi connectivity index (χ1n) is 21.7. The maximum Gasteiger partial charge on any atom is 0.315 e. The van der Waals surface area contributed by atoms with E-state index in [4.69, 9.17) is 18.6 Å². The summed E-state index contributed by atoms with van der Waals surface area (Å²) >= 11 is 0. The average molecular weight is 855 g/mol. The van der Waals surface area contributed by atoms with Crippen molar-refractivity contribution in [2.75, 3.05) is 32.9 Å². The maximum atomic E-state index is 15.0. The zero-order valence-electron chi connectivity index (χ0n) is 38.1. The number of carbonyl (C=O) groups excluding carboxylic acids is 3. The van der Waals surface area contributed by atoms with E-state index in [0.29, 0.717) is 38.5 Å². The third kappa shape index (κ3) is 16.2. The van der Waals surface area contributed by atoms with Crippen molar-refractivity contribution in [2.45, 2.75) is 123 Å². The van der Waals surface area contributed by atoms with Gasteiger partial charge in [-0.3, -0.25) is 9.59 Å². The molecule has 0 aromatic heterocycles. The van der Waals surface area contributed by atoms with E-state index in [1.54, 1.807) is 4.90 Å². The Morgan fingerprint density at radius 2 is 1.39 bits per heavy atom. The molecular weight excluding hydrogens is 785 g/mol. The lowest BCUT2D eigenvalue weighted by Gasteiger charge is -2.37. The summed E-state index contributed by atoms with van der Waals surface area (Å²) in [4.78, 5) is 44.3. The number of urea groups is 1. The quantitative estimate of drug-likeness (QED) is 0.0533. The smallest absolute Gasteiger partial charge is 0.315 e. The largest absolute Gasteiger partial charge is 0.488 e. The standard InChI is InChI=1S/C49H70N4O7Si/c1-11-57-45(58-12-2)34-53(30-29-39-23-18-22-38-21-16-17-24-42(38)39)46(55)43(31-36-25-27-41(28-26-36)60-48(3,4)5)52-44(54)32-40(35-59-61(9,10)49(6,7)8)51-47(56)50-33-37-19-14-13-15-20-37/h13-28,40,43,45H,11-12,29-35H2,1-10H3,(H,52,54)(H2,50,51,56)/t40-,43-/m0/s1. The van der Waals surface area contributed by atoms with Gasteiger partial charge in [0.05, 0.1) is 19.2 Å². The van der Waals surface area contributed by atoms with Crippen LogP contribution in [0, 0.1) is 0 Å². The van der Waals surface area contributed by atoms with Crippen molar-refractivity contribution in [3.05, 3.63) is 114 Å². The van der Waals surface area contributed by atoms with E-state index in [2.05, 4.69) is 74.1 Å². The molecule has 0 saturated carbocycles. The fourth-order valence-corrected chi connectivity index (χ4v) is 7.69. The second-order valence-corrected chi connectivity index (χ2v) is 22.8. The van der Waals surface area contributed by atoms with Gasteiger partial charge >= 0.3 is 6.03 Å². The van der Waals surface area contributed by atoms with Gasteiger partial charge in [0.2, 0.25) is 11.8 Å². The molecule has 332 valence electrons. The fourth-order valence-electron chi connectivity index (χ4n) is 6.63. The summed E-state index contributed by atoms with van der Waals surface area (Å²) in [6.07, 6.45) is 0.0281. The summed E-state index contributed by atoms with van der Waals surface area (Å²) in [5, 5.41) is 11.2. The maximum absolute atomic E-state index is 15.0. The van der Waals surface area contributed by atoms with Crippen molar-refractivity contribution >= 4 is 36.9 Å². The molecule has 11 nitrogen and oxygen atoms in total. The molecule has 0 saturated heterocycles. The Kier molecular flexibility index (Phi) is 18.4. The van der Waals surface area contributed by atoms with Gasteiger partial charge in [-0.05, 0) is 98.8 Å². The molecule has 61 heavy (non-hydrogen) atoms. The highest BCUT2D eigenvalue weighted by atomic mass is 28.4. The molecule has 0 heterocycles. The van der Waals surface area contributed by atoms with Crippen molar-refractivity contribution in [3.8, 4) is 5.75 Å². The highest BCUT2D eigenvalue weighted by Crippen LogP contribution is 2.36. The van der Waals surface area contributed by atoms with Crippen LogP contribution < -0.4 is 20.7 Å². The van der Waals surface area contributed by atoms with Gasteiger partial charge in [0.1, 0.15) is 17.4 Å². The molecule has 0 fully saturated rings. The highest BCUT2D eigenvalue weighted by Gasteiger charge is 2.38. The SMILES string of the molecule is CCOC(CN(CCc1cccc2ccccc12)C(=O)[C@H](Cc1ccc(OC(C)(C)C)cc1)NC(=O)C[C@@H](CO[Si](C)(C)C(C)(C)C)NC(=O)NCc1ccccc1)OCC. The number of hydrogen-bond acceptors (Lipinski definition) is 7. The predicted octanol–water partition coefficient (Wildman–Crippen LogP) is 8.79. The Labute approximate surface area is 365 Å². The molecule has 0 aliphatic heterocycles. The Hall–Kier alpha value is -4.75. The van der Waals surface area contributed by atoms with E-state index in [1.165, 1.54) is 0 Å². The molecule has 2 atom stereocenters. The molecule has 0 radical (unpaired) electrons. The topological polar surface area (TPSA) is 127 Å². The lowest BCUT2D eigenvalue weighted by atomic mass is 10.0. The van der Waals surface area contributed by atoms with Gasteiger partial charge in [-0.2, -0.15) is 0 Å². The molecule has 3 N–H and O–H groups in total. The third-order valence-electron chi connectivity index (χ3n) is 10.9. The third-order valence-corrected chi connectivity index (χ3v) is 15.4. The summed E-state index contributed by atoms with van der Waals surface area (Å²) in [7, 11) is -2.26. The van der Waals surface area contributed by atoms with Gasteiger partial charge in [-0.15, -0.1) is 0 Å². The van der Waals surface area contributed by atoms with Crippen LogP contribution in [0.2, 0.25) is 18.1 Å². The Morgan fingerprint density at radius 3 is 2.03 bits per heavy atom. The molecule has 4 aromatic rings. The number of carbonyl (C=O) groups is 3. The number of nitrogens with one attached hydrogen (secondary N) is 3. The van der Waals surface area contributed by atoms with Crippen molar-refractivity contribution in [2.24, 2.45) is 0 Å². The van der Waals surface area contributed by atoms with Crippen LogP contribution in [0.5, 0.6) is 5.75 Å². The molecule has 4 aromatic carbocycles. The molecule has 4 rings (SSSR count). The van der Waals surface area contributed by atoms with Gasteiger partial charge in [-0.25, -0.2) is 4.79 Å². The summed E-state index contributed by atoms with van der Waals surface area (Å²) in [6, 6.07) is 29.6. The average Bonchev–Trinajstić information content (AvgIpc) is 3.20. The van der Waals surface area contributed by atoms with Crippen LogP contribution in [-0.4, -0.2) is 87.9 Å². The number of amides is 4. The minimum Gasteiger partial charge on any atom is -0.488 e. The van der Waals surface area contributed by atoms with Crippen molar-refractivity contribution < 1.29 is 33.0 Å². The summed E-state index contributed by atoms with van der Waals surface area (Å²) in [5.41, 5.74) is 2.52. The second-order valence-electron chi connectivity index (χ2n) is 18.0. The van der Waals surface area contributed by atoms with Gasteiger partial charge in [0.25, 0.3) is 0 Å². The van der Waals surface area contributed by atoms with Crippen molar-refractivity contribution in [1.29, 1.82) is 0 Å². The van der Waals surface area contributed by atoms with Crippen molar-refractivity contribution in [1.82, 2.24) is 20.9 Å². The summed E-state index contributed by atoms with van der Waals surface area (Å²) in [6.45, 7) is 22.3. The van der Waals surface area contributed by atoms with Crippen LogP contribution in [-0.2, 0) is 42.9 Å². The molecule has 0 aliphatic carbocycles. The Morgan fingerprint density at radius 1 is 0.754 bits per heavy atom. The van der Waals surface area contributed by atoms with Crippen LogP contribution in [0.25, 0.3) is 10.8 Å².